The van der Waals surface area contributed by atoms with Crippen molar-refractivity contribution < 1.29 is 9.13 Å². The van der Waals surface area contributed by atoms with Crippen LogP contribution < -0.4 is 5.73 Å². The van der Waals surface area contributed by atoms with E-state index in [-0.39, 0.29) is 11.9 Å². The van der Waals surface area contributed by atoms with Crippen LogP contribution in [-0.2, 0) is 4.74 Å². The molecule has 0 radical (unpaired) electrons. The van der Waals surface area contributed by atoms with Gasteiger partial charge in [0.1, 0.15) is 5.82 Å². The van der Waals surface area contributed by atoms with Crippen molar-refractivity contribution in [3.8, 4) is 0 Å². The van der Waals surface area contributed by atoms with Crippen LogP contribution in [0.5, 0.6) is 0 Å². The van der Waals surface area contributed by atoms with Crippen molar-refractivity contribution in [1.82, 2.24) is 0 Å². The van der Waals surface area contributed by atoms with Gasteiger partial charge in [-0.15, -0.1) is 0 Å². The highest BCUT2D eigenvalue weighted by Gasteiger charge is 2.10. The zero-order chi connectivity index (χ0) is 12.5. The third kappa shape index (κ3) is 5.29. The van der Waals surface area contributed by atoms with Gasteiger partial charge in [-0.3, -0.25) is 0 Å². The largest absolute Gasteiger partial charge is 0.372 e. The van der Waals surface area contributed by atoms with Crippen molar-refractivity contribution in [2.45, 2.75) is 38.7 Å². The minimum atomic E-state index is -0.240. The molecule has 96 valence electrons. The van der Waals surface area contributed by atoms with E-state index in [1.807, 2.05) is 6.07 Å². The van der Waals surface area contributed by atoms with Crippen molar-refractivity contribution in [3.63, 3.8) is 0 Å². The molecule has 0 bridgehead atoms. The van der Waals surface area contributed by atoms with E-state index in [2.05, 4.69) is 6.92 Å². The topological polar surface area (TPSA) is 35.2 Å². The molecule has 3 heteroatoms. The molecule has 1 unspecified atom stereocenters. The van der Waals surface area contributed by atoms with E-state index >= 15 is 0 Å². The predicted octanol–water partition coefficient (Wildman–Crippen LogP) is 3.42. The maximum absolute atomic E-state index is 13.1. The van der Waals surface area contributed by atoms with Crippen LogP contribution >= 0.6 is 0 Å². The van der Waals surface area contributed by atoms with E-state index in [9.17, 15) is 4.39 Å². The summed E-state index contributed by atoms with van der Waals surface area (Å²) in [5.74, 6) is -0.240. The van der Waals surface area contributed by atoms with Crippen LogP contribution in [0, 0.1) is 5.82 Å². The van der Waals surface area contributed by atoms with Crippen molar-refractivity contribution in [2.24, 2.45) is 5.73 Å². The van der Waals surface area contributed by atoms with Gasteiger partial charge in [-0.2, -0.15) is 0 Å². The molecule has 1 aromatic carbocycles. The van der Waals surface area contributed by atoms with Crippen LogP contribution in [0.4, 0.5) is 4.39 Å². The van der Waals surface area contributed by atoms with Crippen molar-refractivity contribution in [1.29, 1.82) is 0 Å². The molecule has 2 nitrogen and oxygen atoms in total. The Labute approximate surface area is 103 Å². The van der Waals surface area contributed by atoms with Gasteiger partial charge < -0.3 is 10.5 Å². The Morgan fingerprint density at radius 1 is 1.29 bits per heavy atom. The van der Waals surface area contributed by atoms with Gasteiger partial charge in [-0.25, -0.2) is 4.39 Å². The second kappa shape index (κ2) is 8.20. The molecule has 0 saturated carbocycles. The van der Waals surface area contributed by atoms with Gasteiger partial charge in [0.05, 0.1) is 6.10 Å². The first-order valence-electron chi connectivity index (χ1n) is 6.35. The molecular formula is C14H22FNO. The summed E-state index contributed by atoms with van der Waals surface area (Å²) < 4.78 is 18.7. The monoisotopic (exact) mass is 239 g/mol. The SMILES string of the molecule is CCCCCCOC(CN)c1cccc(F)c1. The smallest absolute Gasteiger partial charge is 0.123 e. The molecule has 1 atom stereocenters. The lowest BCUT2D eigenvalue weighted by atomic mass is 10.1. The third-order valence-electron chi connectivity index (χ3n) is 2.75. The predicted molar refractivity (Wildman–Crippen MR) is 68.3 cm³/mol. The number of ether oxygens (including phenoxy) is 1. The van der Waals surface area contributed by atoms with Gasteiger partial charge in [0.15, 0.2) is 0 Å². The lowest BCUT2D eigenvalue weighted by Crippen LogP contribution is -2.16. The molecule has 2 N–H and O–H groups in total. The number of rotatable bonds is 8. The van der Waals surface area contributed by atoms with Gasteiger partial charge in [-0.05, 0) is 24.1 Å². The van der Waals surface area contributed by atoms with Crippen LogP contribution in [0.2, 0.25) is 0 Å². The van der Waals surface area contributed by atoms with Crippen LogP contribution in [0.1, 0.15) is 44.3 Å². The first-order valence-corrected chi connectivity index (χ1v) is 6.35. The Hall–Kier alpha value is -0.930. The molecule has 0 spiro atoms. The van der Waals surface area contributed by atoms with Crippen LogP contribution in [-0.4, -0.2) is 13.2 Å². The summed E-state index contributed by atoms with van der Waals surface area (Å²) in [6, 6.07) is 6.46. The summed E-state index contributed by atoms with van der Waals surface area (Å²) in [5, 5.41) is 0. The molecule has 0 amide bonds. The number of nitrogens with two attached hydrogens (primary N) is 1. The highest BCUT2D eigenvalue weighted by Crippen LogP contribution is 2.17. The lowest BCUT2D eigenvalue weighted by molar-refractivity contribution is 0.0556. The molecule has 0 aromatic heterocycles. The summed E-state index contributed by atoms with van der Waals surface area (Å²) in [6.45, 7) is 3.26. The van der Waals surface area contributed by atoms with E-state index < -0.39 is 0 Å². The molecule has 0 aliphatic heterocycles. The molecule has 1 aromatic rings. The first kappa shape index (κ1) is 14.1. The van der Waals surface area contributed by atoms with Gasteiger partial charge in [-0.1, -0.05) is 38.3 Å². The highest BCUT2D eigenvalue weighted by atomic mass is 19.1. The molecule has 0 heterocycles. The minimum absolute atomic E-state index is 0.188. The number of benzene rings is 1. The Bertz CT molecular complexity index is 317. The van der Waals surface area contributed by atoms with E-state index in [1.54, 1.807) is 6.07 Å². The molecule has 0 aliphatic rings. The quantitative estimate of drug-likeness (QED) is 0.705. The number of hydrogen-bond acceptors (Lipinski definition) is 2. The summed E-state index contributed by atoms with van der Waals surface area (Å²) in [5.41, 5.74) is 6.47. The maximum Gasteiger partial charge on any atom is 0.123 e. The number of unbranched alkanes of at least 4 members (excludes halogenated alkanes) is 3. The van der Waals surface area contributed by atoms with E-state index in [4.69, 9.17) is 10.5 Å². The average Bonchev–Trinajstić information content (AvgIpc) is 2.34. The normalized spacial score (nSPS) is 12.6. The fourth-order valence-corrected chi connectivity index (χ4v) is 1.76. The molecule has 0 aliphatic carbocycles. The Morgan fingerprint density at radius 2 is 2.12 bits per heavy atom. The summed E-state index contributed by atoms with van der Waals surface area (Å²) >= 11 is 0. The summed E-state index contributed by atoms with van der Waals surface area (Å²) in [6.07, 6.45) is 4.48. The van der Waals surface area contributed by atoms with Gasteiger partial charge >= 0.3 is 0 Å². The minimum Gasteiger partial charge on any atom is -0.372 e. The zero-order valence-electron chi connectivity index (χ0n) is 10.5. The fourth-order valence-electron chi connectivity index (χ4n) is 1.76. The third-order valence-corrected chi connectivity index (χ3v) is 2.75. The Kier molecular flexibility index (Phi) is 6.82. The molecule has 0 fully saturated rings. The molecule has 0 saturated heterocycles. The Morgan fingerprint density at radius 3 is 2.76 bits per heavy atom. The van der Waals surface area contributed by atoms with Gasteiger partial charge in [0.25, 0.3) is 0 Å². The average molecular weight is 239 g/mol. The summed E-state index contributed by atoms with van der Waals surface area (Å²) in [4.78, 5) is 0. The van der Waals surface area contributed by atoms with E-state index in [0.29, 0.717) is 13.2 Å². The van der Waals surface area contributed by atoms with E-state index in [0.717, 1.165) is 12.0 Å². The standard InChI is InChI=1S/C14H22FNO/c1-2-3-4-5-9-17-14(11-16)12-7-6-8-13(15)10-12/h6-8,10,14H,2-5,9,11,16H2,1H3. The van der Waals surface area contributed by atoms with Crippen LogP contribution in [0.3, 0.4) is 0 Å². The first-order chi connectivity index (χ1) is 8.27. The number of halogens is 1. The second-order valence-electron chi connectivity index (χ2n) is 4.21. The Balaban J connectivity index is 2.38. The molecule has 17 heavy (non-hydrogen) atoms. The van der Waals surface area contributed by atoms with Crippen LogP contribution in [0.25, 0.3) is 0 Å². The van der Waals surface area contributed by atoms with Crippen molar-refractivity contribution in [2.75, 3.05) is 13.2 Å². The van der Waals surface area contributed by atoms with Crippen molar-refractivity contribution >= 4 is 0 Å². The highest BCUT2D eigenvalue weighted by molar-refractivity contribution is 5.19. The zero-order valence-corrected chi connectivity index (χ0v) is 10.5. The van der Waals surface area contributed by atoms with Gasteiger partial charge in [0.2, 0.25) is 0 Å². The van der Waals surface area contributed by atoms with Gasteiger partial charge in [0, 0.05) is 13.2 Å². The molecular weight excluding hydrogens is 217 g/mol. The van der Waals surface area contributed by atoms with Crippen molar-refractivity contribution in [3.05, 3.63) is 35.6 Å². The van der Waals surface area contributed by atoms with Crippen LogP contribution in [0.15, 0.2) is 24.3 Å². The van der Waals surface area contributed by atoms with E-state index in [1.165, 1.54) is 31.4 Å². The summed E-state index contributed by atoms with van der Waals surface area (Å²) in [7, 11) is 0. The number of hydrogen-bond donors (Lipinski definition) is 1. The maximum atomic E-state index is 13.1. The lowest BCUT2D eigenvalue weighted by Gasteiger charge is -2.16. The second-order valence-corrected chi connectivity index (χ2v) is 4.21. The molecule has 1 rings (SSSR count). The fraction of sp³-hybridized carbons (Fsp3) is 0.571.